The van der Waals surface area contributed by atoms with Gasteiger partial charge in [-0.1, -0.05) is 0 Å². The molecule has 0 aromatic carbocycles. The van der Waals surface area contributed by atoms with E-state index in [-0.39, 0.29) is 18.4 Å². The number of carbonyl (C=O) groups excluding carboxylic acids is 1. The number of hydrogen-bond donors (Lipinski definition) is 3. The molecule has 5 nitrogen and oxygen atoms in total. The number of aliphatic carboxylic acids is 1. The highest BCUT2D eigenvalue weighted by molar-refractivity contribution is 5.77. The third kappa shape index (κ3) is 5.11. The van der Waals surface area contributed by atoms with Crippen molar-refractivity contribution in [3.05, 3.63) is 0 Å². The minimum absolute atomic E-state index is 0.0114. The van der Waals surface area contributed by atoms with E-state index in [1.807, 2.05) is 6.92 Å². The molecule has 1 aliphatic rings. The Bertz CT molecular complexity index is 250. The summed E-state index contributed by atoms with van der Waals surface area (Å²) >= 11 is 0. The number of carbonyl (C=O) groups is 2. The van der Waals surface area contributed by atoms with E-state index >= 15 is 0 Å². The molecule has 92 valence electrons. The molecule has 16 heavy (non-hydrogen) atoms. The van der Waals surface area contributed by atoms with Crippen molar-refractivity contribution in [3.8, 4) is 0 Å². The van der Waals surface area contributed by atoms with Gasteiger partial charge in [-0.2, -0.15) is 0 Å². The predicted octanol–water partition coefficient (Wildman–Crippen LogP) is 0.498. The van der Waals surface area contributed by atoms with Gasteiger partial charge in [0.2, 0.25) is 5.91 Å². The van der Waals surface area contributed by atoms with Crippen LogP contribution in [0, 0.1) is 0 Å². The van der Waals surface area contributed by atoms with Gasteiger partial charge in [0.05, 0.1) is 0 Å². The Morgan fingerprint density at radius 2 is 2.31 bits per heavy atom. The zero-order valence-corrected chi connectivity index (χ0v) is 9.66. The lowest BCUT2D eigenvalue weighted by Crippen LogP contribution is -2.37. The fourth-order valence-electron chi connectivity index (χ4n) is 1.90. The Morgan fingerprint density at radius 3 is 2.88 bits per heavy atom. The molecule has 0 aromatic heterocycles. The van der Waals surface area contributed by atoms with Gasteiger partial charge in [0.1, 0.15) is 0 Å². The maximum atomic E-state index is 11.6. The Hall–Kier alpha value is -1.10. The molecule has 1 saturated heterocycles. The van der Waals surface area contributed by atoms with Crippen LogP contribution in [0.3, 0.4) is 0 Å². The minimum atomic E-state index is -0.821. The standard InChI is InChI=1S/C11H20N2O3/c1-8(4-5-11(15)16)13-10(14)7-9-3-2-6-12-9/h8-9,12H,2-7H2,1H3,(H,13,14)(H,15,16). The van der Waals surface area contributed by atoms with E-state index in [0.29, 0.717) is 18.9 Å². The second-order valence-corrected chi connectivity index (χ2v) is 4.40. The summed E-state index contributed by atoms with van der Waals surface area (Å²) in [5.41, 5.74) is 0. The Morgan fingerprint density at radius 1 is 1.56 bits per heavy atom. The van der Waals surface area contributed by atoms with Gasteiger partial charge in [-0.3, -0.25) is 9.59 Å². The number of amides is 1. The molecule has 2 atom stereocenters. The molecule has 1 aliphatic heterocycles. The zero-order valence-electron chi connectivity index (χ0n) is 9.66. The van der Waals surface area contributed by atoms with Crippen molar-refractivity contribution in [3.63, 3.8) is 0 Å². The van der Waals surface area contributed by atoms with Crippen LogP contribution in [0.4, 0.5) is 0 Å². The fraction of sp³-hybridized carbons (Fsp3) is 0.818. The molecule has 2 unspecified atom stereocenters. The first-order chi connectivity index (χ1) is 7.58. The average Bonchev–Trinajstić information content (AvgIpc) is 2.67. The van der Waals surface area contributed by atoms with Crippen molar-refractivity contribution in [2.45, 2.75) is 51.1 Å². The van der Waals surface area contributed by atoms with E-state index in [9.17, 15) is 9.59 Å². The monoisotopic (exact) mass is 228 g/mol. The van der Waals surface area contributed by atoms with Gasteiger partial charge in [0.15, 0.2) is 0 Å². The number of hydrogen-bond acceptors (Lipinski definition) is 3. The maximum absolute atomic E-state index is 11.6. The normalized spacial score (nSPS) is 21.7. The summed E-state index contributed by atoms with van der Waals surface area (Å²) in [6, 6.07) is 0.233. The molecule has 5 heteroatoms. The quantitative estimate of drug-likeness (QED) is 0.618. The lowest BCUT2D eigenvalue weighted by Gasteiger charge is -2.15. The van der Waals surface area contributed by atoms with E-state index in [2.05, 4.69) is 10.6 Å². The lowest BCUT2D eigenvalue weighted by atomic mass is 10.1. The van der Waals surface area contributed by atoms with Crippen LogP contribution >= 0.6 is 0 Å². The second kappa shape index (κ2) is 6.48. The molecule has 0 saturated carbocycles. The molecule has 0 radical (unpaired) electrons. The van der Waals surface area contributed by atoms with Crippen LogP contribution in [0.1, 0.15) is 39.0 Å². The van der Waals surface area contributed by atoms with Gasteiger partial charge in [-0.05, 0) is 32.7 Å². The molecule has 1 fully saturated rings. The molecule has 1 heterocycles. The third-order valence-electron chi connectivity index (χ3n) is 2.79. The van der Waals surface area contributed by atoms with Crippen molar-refractivity contribution >= 4 is 11.9 Å². The van der Waals surface area contributed by atoms with Gasteiger partial charge in [0.25, 0.3) is 0 Å². The van der Waals surface area contributed by atoms with E-state index in [4.69, 9.17) is 5.11 Å². The largest absolute Gasteiger partial charge is 0.481 e. The third-order valence-corrected chi connectivity index (χ3v) is 2.79. The van der Waals surface area contributed by atoms with Gasteiger partial charge in [0, 0.05) is 24.9 Å². The summed E-state index contributed by atoms with van der Waals surface area (Å²) in [5.74, 6) is -0.809. The fourth-order valence-corrected chi connectivity index (χ4v) is 1.90. The summed E-state index contributed by atoms with van der Waals surface area (Å²) in [5, 5.41) is 14.6. The van der Waals surface area contributed by atoms with E-state index in [0.717, 1.165) is 19.4 Å². The first-order valence-corrected chi connectivity index (χ1v) is 5.82. The van der Waals surface area contributed by atoms with E-state index in [1.165, 1.54) is 0 Å². The molecule has 0 aliphatic carbocycles. The zero-order chi connectivity index (χ0) is 12.0. The Labute approximate surface area is 95.6 Å². The van der Waals surface area contributed by atoms with Gasteiger partial charge >= 0.3 is 5.97 Å². The summed E-state index contributed by atoms with van der Waals surface area (Å²) in [6.07, 6.45) is 3.27. The molecule has 3 N–H and O–H groups in total. The first-order valence-electron chi connectivity index (χ1n) is 5.82. The topological polar surface area (TPSA) is 78.4 Å². The van der Waals surface area contributed by atoms with Crippen molar-refractivity contribution in [1.29, 1.82) is 0 Å². The van der Waals surface area contributed by atoms with Crippen molar-refractivity contribution in [2.75, 3.05) is 6.54 Å². The molecule has 0 spiro atoms. The summed E-state index contributed by atoms with van der Waals surface area (Å²) in [6.45, 7) is 2.83. The minimum Gasteiger partial charge on any atom is -0.481 e. The SMILES string of the molecule is CC(CCC(=O)O)NC(=O)CC1CCCN1. The van der Waals surface area contributed by atoms with Gasteiger partial charge in [-0.15, -0.1) is 0 Å². The van der Waals surface area contributed by atoms with Crippen molar-refractivity contribution in [1.82, 2.24) is 10.6 Å². The molecular formula is C11H20N2O3. The lowest BCUT2D eigenvalue weighted by molar-refractivity contribution is -0.137. The highest BCUT2D eigenvalue weighted by Gasteiger charge is 2.18. The van der Waals surface area contributed by atoms with E-state index < -0.39 is 5.97 Å². The summed E-state index contributed by atoms with van der Waals surface area (Å²) < 4.78 is 0. The van der Waals surface area contributed by atoms with Gasteiger partial charge in [-0.25, -0.2) is 0 Å². The Balaban J connectivity index is 2.14. The molecule has 1 amide bonds. The molecular weight excluding hydrogens is 208 g/mol. The van der Waals surface area contributed by atoms with Crippen LogP contribution in [-0.2, 0) is 9.59 Å². The number of nitrogens with one attached hydrogen (secondary N) is 2. The van der Waals surface area contributed by atoms with Crippen LogP contribution in [0.5, 0.6) is 0 Å². The summed E-state index contributed by atoms with van der Waals surface area (Å²) in [4.78, 5) is 21.9. The van der Waals surface area contributed by atoms with Crippen LogP contribution in [0.2, 0.25) is 0 Å². The maximum Gasteiger partial charge on any atom is 0.303 e. The molecule has 0 aromatic rings. The number of carboxylic acids is 1. The van der Waals surface area contributed by atoms with Crippen LogP contribution in [-0.4, -0.2) is 35.6 Å². The first kappa shape index (κ1) is 13.0. The van der Waals surface area contributed by atoms with Crippen LogP contribution in [0.15, 0.2) is 0 Å². The number of rotatable bonds is 6. The second-order valence-electron chi connectivity index (χ2n) is 4.40. The smallest absolute Gasteiger partial charge is 0.303 e. The van der Waals surface area contributed by atoms with Crippen LogP contribution < -0.4 is 10.6 Å². The highest BCUT2D eigenvalue weighted by Crippen LogP contribution is 2.08. The molecule has 0 bridgehead atoms. The predicted molar refractivity (Wildman–Crippen MR) is 60.1 cm³/mol. The van der Waals surface area contributed by atoms with Gasteiger partial charge < -0.3 is 15.7 Å². The van der Waals surface area contributed by atoms with Crippen LogP contribution in [0.25, 0.3) is 0 Å². The number of carboxylic acid groups (broad SMARTS) is 1. The average molecular weight is 228 g/mol. The Kier molecular flexibility index (Phi) is 5.25. The highest BCUT2D eigenvalue weighted by atomic mass is 16.4. The van der Waals surface area contributed by atoms with Crippen molar-refractivity contribution < 1.29 is 14.7 Å². The van der Waals surface area contributed by atoms with Crippen molar-refractivity contribution in [2.24, 2.45) is 0 Å². The molecule has 1 rings (SSSR count). The summed E-state index contributed by atoms with van der Waals surface area (Å²) in [7, 11) is 0. The van der Waals surface area contributed by atoms with E-state index in [1.54, 1.807) is 0 Å².